The average molecular weight is 353 g/mol. The van der Waals surface area contributed by atoms with Crippen molar-refractivity contribution in [3.8, 4) is 0 Å². The van der Waals surface area contributed by atoms with Crippen molar-refractivity contribution >= 4 is 23.7 Å². The van der Waals surface area contributed by atoms with Gasteiger partial charge in [0.25, 0.3) is 0 Å². The molecule has 1 unspecified atom stereocenters. The number of carbonyl (C=O) groups is 1. The maximum absolute atomic E-state index is 14.4. The molecule has 0 radical (unpaired) electrons. The van der Waals surface area contributed by atoms with Crippen molar-refractivity contribution < 1.29 is 13.8 Å². The smallest absolute Gasteiger partial charge is 0.220 e. The minimum Gasteiger partial charge on any atom is -0.469 e. The summed E-state index contributed by atoms with van der Waals surface area (Å²) >= 11 is 0. The van der Waals surface area contributed by atoms with Crippen LogP contribution in [0.2, 0.25) is 0 Å². The van der Waals surface area contributed by atoms with Gasteiger partial charge in [0.1, 0.15) is 5.76 Å². The standard InChI is InChI=1S/C20H20NO3P/c1-21-20(22)15-19(18-13-8-14-24-18)25(23,16-9-4-2-5-10-16)17-11-6-3-7-12-17/h2-14,19H,15H2,1H3,(H,21,22). The minimum atomic E-state index is -3.14. The molecule has 1 heterocycles. The first-order valence-electron chi connectivity index (χ1n) is 8.11. The molecule has 2 aromatic carbocycles. The number of furan rings is 1. The van der Waals surface area contributed by atoms with E-state index in [0.29, 0.717) is 16.4 Å². The van der Waals surface area contributed by atoms with E-state index < -0.39 is 12.8 Å². The largest absolute Gasteiger partial charge is 0.469 e. The van der Waals surface area contributed by atoms with Crippen LogP contribution in [0, 0.1) is 0 Å². The third-order valence-corrected chi connectivity index (χ3v) is 7.69. The van der Waals surface area contributed by atoms with E-state index in [1.54, 1.807) is 25.4 Å². The first-order chi connectivity index (χ1) is 12.2. The van der Waals surface area contributed by atoms with Gasteiger partial charge in [-0.1, -0.05) is 60.7 Å². The molecule has 0 spiro atoms. The molecule has 3 aromatic rings. The first kappa shape index (κ1) is 17.2. The van der Waals surface area contributed by atoms with Crippen LogP contribution in [0.15, 0.2) is 83.5 Å². The lowest BCUT2D eigenvalue weighted by Crippen LogP contribution is -2.26. The molecule has 1 amide bonds. The number of hydrogen-bond acceptors (Lipinski definition) is 3. The summed E-state index contributed by atoms with van der Waals surface area (Å²) in [5.74, 6) is 0.383. The van der Waals surface area contributed by atoms with Crippen LogP contribution in [0.25, 0.3) is 0 Å². The molecule has 25 heavy (non-hydrogen) atoms. The third-order valence-electron chi connectivity index (χ3n) is 4.25. The number of carbonyl (C=O) groups excluding carboxylic acids is 1. The normalized spacial score (nSPS) is 12.5. The molecule has 0 fully saturated rings. The summed E-state index contributed by atoms with van der Waals surface area (Å²) < 4.78 is 20.0. The van der Waals surface area contributed by atoms with Crippen molar-refractivity contribution in [2.24, 2.45) is 0 Å². The van der Waals surface area contributed by atoms with E-state index in [2.05, 4.69) is 5.32 Å². The second-order valence-electron chi connectivity index (χ2n) is 5.74. The molecular formula is C20H20NO3P. The number of amides is 1. The van der Waals surface area contributed by atoms with Crippen molar-refractivity contribution in [3.63, 3.8) is 0 Å². The Morgan fingerprint density at radius 2 is 1.52 bits per heavy atom. The Labute approximate surface area is 147 Å². The summed E-state index contributed by atoms with van der Waals surface area (Å²) in [6.07, 6.45) is 1.64. The second-order valence-corrected chi connectivity index (χ2v) is 8.71. The highest BCUT2D eigenvalue weighted by Crippen LogP contribution is 2.58. The van der Waals surface area contributed by atoms with Gasteiger partial charge in [-0.3, -0.25) is 4.79 Å². The van der Waals surface area contributed by atoms with E-state index >= 15 is 0 Å². The van der Waals surface area contributed by atoms with E-state index in [-0.39, 0.29) is 12.3 Å². The molecule has 1 aromatic heterocycles. The molecule has 4 nitrogen and oxygen atoms in total. The SMILES string of the molecule is CNC(=O)CC(c1ccco1)P(=O)(c1ccccc1)c1ccccc1. The maximum Gasteiger partial charge on any atom is 0.220 e. The summed E-state index contributed by atoms with van der Waals surface area (Å²) in [6, 6.07) is 22.2. The number of rotatable bonds is 6. The van der Waals surface area contributed by atoms with E-state index in [9.17, 15) is 9.36 Å². The lowest BCUT2D eigenvalue weighted by Gasteiger charge is -2.27. The molecule has 1 N–H and O–H groups in total. The molecular weight excluding hydrogens is 333 g/mol. The van der Waals surface area contributed by atoms with Gasteiger partial charge >= 0.3 is 0 Å². The predicted molar refractivity (Wildman–Crippen MR) is 99.9 cm³/mol. The molecule has 0 saturated heterocycles. The zero-order chi connectivity index (χ0) is 17.7. The molecule has 0 bridgehead atoms. The Bertz CT molecular complexity index is 817. The first-order valence-corrected chi connectivity index (χ1v) is 9.89. The second kappa shape index (κ2) is 7.54. The molecule has 0 aliphatic rings. The van der Waals surface area contributed by atoms with Crippen molar-refractivity contribution in [2.45, 2.75) is 12.1 Å². The third kappa shape index (κ3) is 3.45. The van der Waals surface area contributed by atoms with Gasteiger partial charge < -0.3 is 14.3 Å². The molecule has 5 heteroatoms. The molecule has 0 aliphatic carbocycles. The maximum atomic E-state index is 14.4. The molecule has 0 aliphatic heterocycles. The summed E-state index contributed by atoms with van der Waals surface area (Å²) in [4.78, 5) is 12.2. The minimum absolute atomic E-state index is 0.0884. The van der Waals surface area contributed by atoms with E-state index in [1.165, 1.54) is 0 Å². The zero-order valence-electron chi connectivity index (χ0n) is 14.0. The van der Waals surface area contributed by atoms with Crippen LogP contribution >= 0.6 is 7.14 Å². The van der Waals surface area contributed by atoms with Crippen LogP contribution in [-0.4, -0.2) is 13.0 Å². The van der Waals surface area contributed by atoms with Crippen molar-refractivity contribution in [1.82, 2.24) is 5.32 Å². The van der Waals surface area contributed by atoms with Gasteiger partial charge in [0.05, 0.1) is 11.9 Å². The zero-order valence-corrected chi connectivity index (χ0v) is 14.9. The lowest BCUT2D eigenvalue weighted by molar-refractivity contribution is -0.120. The molecule has 3 rings (SSSR count). The van der Waals surface area contributed by atoms with Gasteiger partial charge in [0, 0.05) is 24.1 Å². The topological polar surface area (TPSA) is 59.3 Å². The Morgan fingerprint density at radius 3 is 1.96 bits per heavy atom. The van der Waals surface area contributed by atoms with Crippen LogP contribution in [0.4, 0.5) is 0 Å². The van der Waals surface area contributed by atoms with E-state index in [1.807, 2.05) is 60.7 Å². The Hall–Kier alpha value is -2.58. The van der Waals surface area contributed by atoms with Gasteiger partial charge in [0.15, 0.2) is 7.14 Å². The molecule has 1 atom stereocenters. The highest BCUT2D eigenvalue weighted by Gasteiger charge is 2.40. The van der Waals surface area contributed by atoms with Crippen molar-refractivity contribution in [3.05, 3.63) is 84.8 Å². The molecule has 128 valence electrons. The van der Waals surface area contributed by atoms with Crippen LogP contribution in [0.3, 0.4) is 0 Å². The highest BCUT2D eigenvalue weighted by molar-refractivity contribution is 7.79. The lowest BCUT2D eigenvalue weighted by atomic mass is 10.2. The molecule has 0 saturated carbocycles. The number of hydrogen-bond donors (Lipinski definition) is 1. The van der Waals surface area contributed by atoms with E-state index in [4.69, 9.17) is 4.42 Å². The Kier molecular flexibility index (Phi) is 5.20. The quantitative estimate of drug-likeness (QED) is 0.691. The van der Waals surface area contributed by atoms with Gasteiger partial charge in [-0.25, -0.2) is 0 Å². The predicted octanol–water partition coefficient (Wildman–Crippen LogP) is 3.47. The highest BCUT2D eigenvalue weighted by atomic mass is 31.2. The van der Waals surface area contributed by atoms with Crippen molar-refractivity contribution in [1.29, 1.82) is 0 Å². The Morgan fingerprint density at radius 1 is 0.960 bits per heavy atom. The van der Waals surface area contributed by atoms with Gasteiger partial charge in [-0.15, -0.1) is 0 Å². The number of benzene rings is 2. The van der Waals surface area contributed by atoms with Gasteiger partial charge in [0.2, 0.25) is 5.91 Å². The van der Waals surface area contributed by atoms with Crippen LogP contribution in [-0.2, 0) is 9.36 Å². The van der Waals surface area contributed by atoms with Crippen molar-refractivity contribution in [2.75, 3.05) is 7.05 Å². The summed E-state index contributed by atoms with van der Waals surface area (Å²) in [5, 5.41) is 4.06. The van der Waals surface area contributed by atoms with Crippen LogP contribution in [0.5, 0.6) is 0 Å². The summed E-state index contributed by atoms with van der Waals surface area (Å²) in [6.45, 7) is 0. The fourth-order valence-corrected chi connectivity index (χ4v) is 6.15. The summed E-state index contributed by atoms with van der Waals surface area (Å²) in [7, 11) is -1.56. The Balaban J connectivity index is 2.21. The fourth-order valence-electron chi connectivity index (χ4n) is 2.97. The van der Waals surface area contributed by atoms with E-state index in [0.717, 1.165) is 0 Å². The average Bonchev–Trinajstić information content (AvgIpc) is 3.21. The van der Waals surface area contributed by atoms with Crippen LogP contribution < -0.4 is 15.9 Å². The van der Waals surface area contributed by atoms with Gasteiger partial charge in [-0.2, -0.15) is 0 Å². The van der Waals surface area contributed by atoms with Gasteiger partial charge in [-0.05, 0) is 12.1 Å². The fraction of sp³-hybridized carbons (Fsp3) is 0.150. The number of nitrogens with one attached hydrogen (secondary N) is 1. The monoisotopic (exact) mass is 353 g/mol. The summed E-state index contributed by atoms with van der Waals surface area (Å²) in [5.41, 5.74) is -0.563. The van der Waals surface area contributed by atoms with Crippen LogP contribution in [0.1, 0.15) is 17.8 Å².